The zero-order chi connectivity index (χ0) is 23.6. The number of rotatable bonds is 6. The topological polar surface area (TPSA) is 133 Å². The molecule has 1 aliphatic heterocycles. The van der Waals surface area contributed by atoms with Gasteiger partial charge in [0.1, 0.15) is 17.8 Å². The van der Waals surface area contributed by atoms with E-state index >= 15 is 0 Å². The van der Waals surface area contributed by atoms with Crippen molar-refractivity contribution >= 4 is 17.8 Å². The summed E-state index contributed by atoms with van der Waals surface area (Å²) in [7, 11) is 0. The van der Waals surface area contributed by atoms with Gasteiger partial charge >= 0.3 is 5.97 Å². The number of fused-ring (bicyclic) bond motifs is 1. The number of amides is 2. The van der Waals surface area contributed by atoms with Crippen LogP contribution in [0.25, 0.3) is 0 Å². The molecule has 2 unspecified atom stereocenters. The van der Waals surface area contributed by atoms with Gasteiger partial charge in [-0.2, -0.15) is 0 Å². The van der Waals surface area contributed by atoms with Gasteiger partial charge in [0.2, 0.25) is 11.8 Å². The summed E-state index contributed by atoms with van der Waals surface area (Å²) in [5, 5.41) is 21.4. The number of phenols is 1. The lowest BCUT2D eigenvalue weighted by molar-refractivity contribution is -0.145. The molecule has 1 heterocycles. The number of carboxylic acids is 1. The Kier molecular flexibility index (Phi) is 6.84. The Morgan fingerprint density at radius 1 is 1.16 bits per heavy atom. The number of benzene rings is 2. The predicted octanol–water partition coefficient (Wildman–Crippen LogP) is 1.42. The van der Waals surface area contributed by atoms with Gasteiger partial charge in [-0.3, -0.25) is 14.4 Å². The molecule has 0 aromatic heterocycles. The van der Waals surface area contributed by atoms with Crippen LogP contribution in [0.4, 0.5) is 0 Å². The van der Waals surface area contributed by atoms with Crippen molar-refractivity contribution in [3.05, 3.63) is 64.2 Å². The summed E-state index contributed by atoms with van der Waals surface area (Å²) in [6, 6.07) is 7.98. The van der Waals surface area contributed by atoms with E-state index < -0.39 is 30.0 Å². The molecule has 170 valence electrons. The van der Waals surface area contributed by atoms with Crippen molar-refractivity contribution in [2.75, 3.05) is 0 Å². The van der Waals surface area contributed by atoms with E-state index in [9.17, 15) is 19.5 Å². The number of aliphatic carboxylic acids is 1. The fourth-order valence-corrected chi connectivity index (χ4v) is 4.17. The molecule has 0 spiro atoms. The Bertz CT molecular complexity index is 1030. The van der Waals surface area contributed by atoms with E-state index in [4.69, 9.17) is 10.8 Å². The Hall–Kier alpha value is -3.39. The molecule has 0 saturated heterocycles. The first-order valence-electron chi connectivity index (χ1n) is 10.5. The van der Waals surface area contributed by atoms with Gasteiger partial charge in [0, 0.05) is 13.0 Å². The molecule has 0 bridgehead atoms. The largest absolute Gasteiger partial charge is 0.508 e. The molecule has 8 heteroatoms. The third-order valence-electron chi connectivity index (χ3n) is 5.99. The fourth-order valence-electron chi connectivity index (χ4n) is 4.17. The smallest absolute Gasteiger partial charge is 0.325 e. The maximum Gasteiger partial charge on any atom is 0.325 e. The van der Waals surface area contributed by atoms with Crippen LogP contribution in [0.5, 0.6) is 5.75 Å². The molecule has 0 saturated carbocycles. The third-order valence-corrected chi connectivity index (χ3v) is 5.99. The molecule has 2 aromatic rings. The summed E-state index contributed by atoms with van der Waals surface area (Å²) in [6.45, 7) is 5.29. The Balaban J connectivity index is 1.87. The van der Waals surface area contributed by atoms with Gasteiger partial charge in [0.15, 0.2) is 0 Å². The SMILES string of the molecule is Cc1cc(O)cc(C)c1C[C@@H](N)C(=O)N1Cc2ccccc2CC1C(=O)NC(C)C(=O)O. The highest BCUT2D eigenvalue weighted by atomic mass is 16.4. The molecular weight excluding hydrogens is 410 g/mol. The number of nitrogens with one attached hydrogen (secondary N) is 1. The Morgan fingerprint density at radius 2 is 1.75 bits per heavy atom. The Morgan fingerprint density at radius 3 is 2.34 bits per heavy atom. The second kappa shape index (κ2) is 9.40. The van der Waals surface area contributed by atoms with E-state index in [0.717, 1.165) is 27.8 Å². The van der Waals surface area contributed by atoms with E-state index in [1.807, 2.05) is 38.1 Å². The number of aryl methyl sites for hydroxylation is 2. The van der Waals surface area contributed by atoms with Crippen molar-refractivity contribution in [3.63, 3.8) is 0 Å². The number of hydrogen-bond acceptors (Lipinski definition) is 5. The highest BCUT2D eigenvalue weighted by Gasteiger charge is 2.37. The van der Waals surface area contributed by atoms with Gasteiger partial charge in [-0.05, 0) is 67.1 Å². The van der Waals surface area contributed by atoms with Crippen molar-refractivity contribution in [1.82, 2.24) is 10.2 Å². The molecule has 2 amide bonds. The minimum atomic E-state index is -1.15. The standard InChI is InChI=1S/C24H29N3O5/c1-13-8-18(28)9-14(2)19(13)11-20(25)23(30)27-12-17-7-5-4-6-16(17)10-21(27)22(29)26-15(3)24(31)32/h4-9,15,20-21,28H,10-12,25H2,1-3H3,(H,26,29)(H,31,32)/t15?,20-,21?/m1/s1. The molecular formula is C24H29N3O5. The number of phenolic OH excluding ortho intramolecular Hbond substituents is 1. The predicted molar refractivity (Wildman–Crippen MR) is 119 cm³/mol. The first-order chi connectivity index (χ1) is 15.1. The number of hydrogen-bond donors (Lipinski definition) is 4. The highest BCUT2D eigenvalue weighted by Crippen LogP contribution is 2.26. The van der Waals surface area contributed by atoms with Crippen LogP contribution in [-0.4, -0.2) is 51.0 Å². The maximum absolute atomic E-state index is 13.4. The fraction of sp³-hybridized carbons (Fsp3) is 0.375. The minimum absolute atomic E-state index is 0.153. The molecule has 8 nitrogen and oxygen atoms in total. The molecule has 5 N–H and O–H groups in total. The van der Waals surface area contributed by atoms with Gasteiger partial charge in [-0.25, -0.2) is 0 Å². The van der Waals surface area contributed by atoms with Crippen molar-refractivity contribution in [1.29, 1.82) is 0 Å². The molecule has 3 rings (SSSR count). The van der Waals surface area contributed by atoms with Crippen LogP contribution in [0.1, 0.15) is 34.7 Å². The molecule has 1 aliphatic rings. The first kappa shape index (κ1) is 23.3. The summed E-state index contributed by atoms with van der Waals surface area (Å²) >= 11 is 0. The van der Waals surface area contributed by atoms with Gasteiger partial charge < -0.3 is 26.2 Å². The molecule has 0 aliphatic carbocycles. The number of carboxylic acid groups (broad SMARTS) is 1. The zero-order valence-corrected chi connectivity index (χ0v) is 18.5. The zero-order valence-electron chi connectivity index (χ0n) is 18.5. The van der Waals surface area contributed by atoms with Crippen LogP contribution in [0.3, 0.4) is 0 Å². The van der Waals surface area contributed by atoms with Crippen LogP contribution >= 0.6 is 0 Å². The van der Waals surface area contributed by atoms with Crippen LogP contribution in [0, 0.1) is 13.8 Å². The van der Waals surface area contributed by atoms with Gasteiger partial charge in [0.05, 0.1) is 6.04 Å². The maximum atomic E-state index is 13.4. The van der Waals surface area contributed by atoms with Crippen molar-refractivity contribution < 1.29 is 24.6 Å². The van der Waals surface area contributed by atoms with Crippen LogP contribution in [0.15, 0.2) is 36.4 Å². The molecule has 0 fully saturated rings. The number of carbonyl (C=O) groups excluding carboxylic acids is 2. The quantitative estimate of drug-likeness (QED) is 0.538. The lowest BCUT2D eigenvalue weighted by Crippen LogP contribution is -2.58. The van der Waals surface area contributed by atoms with E-state index in [1.165, 1.54) is 11.8 Å². The highest BCUT2D eigenvalue weighted by molar-refractivity contribution is 5.92. The monoisotopic (exact) mass is 439 g/mol. The van der Waals surface area contributed by atoms with E-state index in [-0.39, 0.29) is 31.0 Å². The average molecular weight is 440 g/mol. The lowest BCUT2D eigenvalue weighted by atomic mass is 9.91. The molecule has 2 aromatic carbocycles. The van der Waals surface area contributed by atoms with Gasteiger partial charge in [-0.1, -0.05) is 24.3 Å². The summed E-state index contributed by atoms with van der Waals surface area (Å²) in [4.78, 5) is 39.0. The number of nitrogens with two attached hydrogens (primary N) is 1. The van der Waals surface area contributed by atoms with Gasteiger partial charge in [0.25, 0.3) is 0 Å². The summed E-state index contributed by atoms with van der Waals surface area (Å²) in [6.07, 6.45) is 0.541. The van der Waals surface area contributed by atoms with E-state index in [2.05, 4.69) is 5.32 Å². The van der Waals surface area contributed by atoms with E-state index in [1.54, 1.807) is 12.1 Å². The summed E-state index contributed by atoms with van der Waals surface area (Å²) in [5.41, 5.74) is 10.7. The summed E-state index contributed by atoms with van der Waals surface area (Å²) < 4.78 is 0. The van der Waals surface area contributed by atoms with Crippen LogP contribution < -0.4 is 11.1 Å². The molecule has 3 atom stereocenters. The first-order valence-corrected chi connectivity index (χ1v) is 10.5. The van der Waals surface area contributed by atoms with Gasteiger partial charge in [-0.15, -0.1) is 0 Å². The molecule has 32 heavy (non-hydrogen) atoms. The minimum Gasteiger partial charge on any atom is -0.508 e. The van der Waals surface area contributed by atoms with Crippen molar-refractivity contribution in [3.8, 4) is 5.75 Å². The number of aromatic hydroxyl groups is 1. The second-order valence-electron chi connectivity index (χ2n) is 8.39. The van der Waals surface area contributed by atoms with Crippen LogP contribution in [-0.2, 0) is 33.8 Å². The third kappa shape index (κ3) is 4.91. The second-order valence-corrected chi connectivity index (χ2v) is 8.39. The summed E-state index contributed by atoms with van der Waals surface area (Å²) in [5.74, 6) is -1.90. The Labute approximate surface area is 187 Å². The van der Waals surface area contributed by atoms with E-state index in [0.29, 0.717) is 0 Å². The normalized spacial score (nSPS) is 17.2. The lowest BCUT2D eigenvalue weighted by Gasteiger charge is -2.37. The van der Waals surface area contributed by atoms with Crippen LogP contribution in [0.2, 0.25) is 0 Å². The number of carbonyl (C=O) groups is 3. The number of nitrogens with zero attached hydrogens (tertiary/aromatic N) is 1. The molecule has 0 radical (unpaired) electrons. The van der Waals surface area contributed by atoms with Crippen molar-refractivity contribution in [2.45, 2.75) is 58.3 Å². The average Bonchev–Trinajstić information content (AvgIpc) is 2.74. The van der Waals surface area contributed by atoms with Crippen molar-refractivity contribution in [2.24, 2.45) is 5.73 Å².